The van der Waals surface area contributed by atoms with Crippen LogP contribution in [0.25, 0.3) is 0 Å². The average molecular weight is 348 g/mol. The summed E-state index contributed by atoms with van der Waals surface area (Å²) in [4.78, 5) is 28.0. The summed E-state index contributed by atoms with van der Waals surface area (Å²) in [6.07, 6.45) is 1.87. The van der Waals surface area contributed by atoms with E-state index in [2.05, 4.69) is 0 Å². The van der Waals surface area contributed by atoms with Gasteiger partial charge in [0.05, 0.1) is 19.6 Å². The van der Waals surface area contributed by atoms with Crippen LogP contribution in [0.3, 0.4) is 0 Å². The number of hydrogen-bond acceptors (Lipinski definition) is 3. The topological polar surface area (TPSA) is 49.9 Å². The van der Waals surface area contributed by atoms with Crippen LogP contribution in [-0.2, 0) is 20.7 Å². The van der Waals surface area contributed by atoms with E-state index in [4.69, 9.17) is 4.74 Å². The lowest BCUT2D eigenvalue weighted by molar-refractivity contribution is -0.135. The molecule has 6 heteroatoms. The second kappa shape index (κ2) is 7.52. The Morgan fingerprint density at radius 1 is 1.20 bits per heavy atom. The molecule has 0 aromatic heterocycles. The number of hydrogen-bond donors (Lipinski definition) is 0. The highest BCUT2D eigenvalue weighted by Gasteiger charge is 2.39. The third-order valence-corrected chi connectivity index (χ3v) is 5.31. The van der Waals surface area contributed by atoms with Crippen LogP contribution in [0.2, 0.25) is 0 Å². The summed E-state index contributed by atoms with van der Waals surface area (Å²) in [5.41, 5.74) is 0.642. The molecule has 0 saturated carbocycles. The van der Waals surface area contributed by atoms with Gasteiger partial charge in [0.2, 0.25) is 11.8 Å². The number of likely N-dealkylation sites (tertiary alicyclic amines) is 1. The molecule has 2 aliphatic heterocycles. The smallest absolute Gasteiger partial charge is 0.226 e. The molecule has 0 radical (unpaired) electrons. The van der Waals surface area contributed by atoms with Gasteiger partial charge in [-0.1, -0.05) is 12.1 Å². The van der Waals surface area contributed by atoms with Crippen LogP contribution >= 0.6 is 0 Å². The molecular weight excluding hydrogens is 323 g/mol. The third-order valence-electron chi connectivity index (χ3n) is 5.31. The fourth-order valence-corrected chi connectivity index (χ4v) is 3.73. The molecule has 2 saturated heterocycles. The Morgan fingerprint density at radius 2 is 1.96 bits per heavy atom. The Kier molecular flexibility index (Phi) is 5.37. The molecule has 2 heterocycles. The molecule has 136 valence electrons. The number of piperidine rings is 1. The maximum Gasteiger partial charge on any atom is 0.226 e. The fraction of sp³-hybridized carbons (Fsp3) is 0.579. The largest absolute Gasteiger partial charge is 0.379 e. The molecule has 0 bridgehead atoms. The molecule has 2 amide bonds. The van der Waals surface area contributed by atoms with Crippen LogP contribution in [0, 0.1) is 11.2 Å². The third kappa shape index (κ3) is 4.37. The Balaban J connectivity index is 1.59. The lowest BCUT2D eigenvalue weighted by atomic mass is 9.78. The van der Waals surface area contributed by atoms with Crippen molar-refractivity contribution in [1.29, 1.82) is 0 Å². The van der Waals surface area contributed by atoms with Gasteiger partial charge in [-0.3, -0.25) is 9.59 Å². The van der Waals surface area contributed by atoms with E-state index in [9.17, 15) is 14.0 Å². The summed E-state index contributed by atoms with van der Waals surface area (Å²) in [7, 11) is 0. The monoisotopic (exact) mass is 348 g/mol. The van der Waals surface area contributed by atoms with E-state index in [0.29, 0.717) is 45.0 Å². The van der Waals surface area contributed by atoms with Gasteiger partial charge in [-0.05, 0) is 30.5 Å². The van der Waals surface area contributed by atoms with E-state index in [1.165, 1.54) is 12.1 Å². The van der Waals surface area contributed by atoms with Crippen molar-refractivity contribution in [2.75, 3.05) is 39.4 Å². The molecule has 0 N–H and O–H groups in total. The predicted octanol–water partition coefficient (Wildman–Crippen LogP) is 1.86. The van der Waals surface area contributed by atoms with Gasteiger partial charge in [-0.2, -0.15) is 0 Å². The maximum atomic E-state index is 13.3. The predicted molar refractivity (Wildman–Crippen MR) is 91.4 cm³/mol. The van der Waals surface area contributed by atoms with Crippen molar-refractivity contribution in [2.45, 2.75) is 26.2 Å². The summed E-state index contributed by atoms with van der Waals surface area (Å²) in [6, 6.07) is 6.19. The summed E-state index contributed by atoms with van der Waals surface area (Å²) in [5.74, 6) is -0.212. The quantitative estimate of drug-likeness (QED) is 0.820. The van der Waals surface area contributed by atoms with Crippen LogP contribution in [0.4, 0.5) is 4.39 Å². The van der Waals surface area contributed by atoms with Crippen molar-refractivity contribution in [3.8, 4) is 0 Å². The molecule has 0 atom stereocenters. The fourth-order valence-electron chi connectivity index (χ4n) is 3.73. The number of nitrogens with zero attached hydrogens (tertiary/aromatic N) is 2. The zero-order chi connectivity index (χ0) is 17.9. The number of benzene rings is 1. The van der Waals surface area contributed by atoms with Crippen molar-refractivity contribution in [2.24, 2.45) is 5.41 Å². The van der Waals surface area contributed by atoms with Crippen molar-refractivity contribution >= 4 is 11.8 Å². The Morgan fingerprint density at radius 3 is 2.64 bits per heavy atom. The standard InChI is InChI=1S/C19H25FN2O3/c1-15(23)22-9-10-25-14-19(13-22)5-7-21(8-6-19)18(24)12-16-3-2-4-17(20)11-16/h2-4,11H,5-10,12-14H2,1H3. The molecule has 3 rings (SSSR count). The highest BCUT2D eigenvalue weighted by atomic mass is 19.1. The van der Waals surface area contributed by atoms with Crippen LogP contribution in [-0.4, -0.2) is 61.0 Å². The minimum absolute atomic E-state index is 0.0263. The van der Waals surface area contributed by atoms with Crippen molar-refractivity contribution in [3.05, 3.63) is 35.6 Å². The van der Waals surface area contributed by atoms with E-state index < -0.39 is 0 Å². The van der Waals surface area contributed by atoms with Crippen LogP contribution in [0.5, 0.6) is 0 Å². The Hall–Kier alpha value is -1.95. The molecule has 2 aliphatic rings. The minimum atomic E-state index is -0.317. The SMILES string of the molecule is CC(=O)N1CCOCC2(CCN(C(=O)Cc3cccc(F)c3)CC2)C1. The van der Waals surface area contributed by atoms with Crippen LogP contribution in [0.1, 0.15) is 25.3 Å². The normalized spacial score (nSPS) is 20.4. The van der Waals surface area contributed by atoms with Gasteiger partial charge >= 0.3 is 0 Å². The number of carbonyl (C=O) groups is 2. The molecule has 1 spiro atoms. The molecule has 25 heavy (non-hydrogen) atoms. The number of amides is 2. The van der Waals surface area contributed by atoms with Gasteiger partial charge in [-0.25, -0.2) is 4.39 Å². The lowest BCUT2D eigenvalue weighted by Gasteiger charge is -2.42. The highest BCUT2D eigenvalue weighted by molar-refractivity contribution is 5.79. The average Bonchev–Trinajstić information content (AvgIpc) is 2.78. The summed E-state index contributed by atoms with van der Waals surface area (Å²) >= 11 is 0. The van der Waals surface area contributed by atoms with E-state index in [1.807, 2.05) is 9.80 Å². The van der Waals surface area contributed by atoms with Crippen molar-refractivity contribution in [1.82, 2.24) is 9.80 Å². The first kappa shape index (κ1) is 17.9. The molecule has 1 aromatic rings. The minimum Gasteiger partial charge on any atom is -0.379 e. The van der Waals surface area contributed by atoms with Gasteiger partial charge in [0, 0.05) is 38.5 Å². The highest BCUT2D eigenvalue weighted by Crippen LogP contribution is 2.34. The maximum absolute atomic E-state index is 13.3. The molecular formula is C19H25FN2O3. The van der Waals surface area contributed by atoms with Gasteiger partial charge in [-0.15, -0.1) is 0 Å². The van der Waals surface area contributed by atoms with E-state index >= 15 is 0 Å². The first-order valence-corrected chi connectivity index (χ1v) is 8.83. The zero-order valence-electron chi connectivity index (χ0n) is 14.7. The molecule has 5 nitrogen and oxygen atoms in total. The van der Waals surface area contributed by atoms with Gasteiger partial charge in [0.25, 0.3) is 0 Å². The van der Waals surface area contributed by atoms with Gasteiger partial charge < -0.3 is 14.5 Å². The number of halogens is 1. The first-order chi connectivity index (χ1) is 12.0. The van der Waals surface area contributed by atoms with E-state index in [0.717, 1.165) is 12.8 Å². The lowest BCUT2D eigenvalue weighted by Crippen LogP contribution is -2.49. The Labute approximate surface area is 147 Å². The zero-order valence-corrected chi connectivity index (χ0v) is 14.7. The first-order valence-electron chi connectivity index (χ1n) is 8.83. The Bertz CT molecular complexity index is 641. The van der Waals surface area contributed by atoms with E-state index in [1.54, 1.807) is 19.1 Å². The summed E-state index contributed by atoms with van der Waals surface area (Å²) in [6.45, 7) is 5.46. The molecule has 2 fully saturated rings. The summed E-state index contributed by atoms with van der Waals surface area (Å²) in [5, 5.41) is 0. The second-order valence-corrected chi connectivity index (χ2v) is 7.18. The second-order valence-electron chi connectivity index (χ2n) is 7.18. The number of carbonyl (C=O) groups excluding carboxylic acids is 2. The summed E-state index contributed by atoms with van der Waals surface area (Å²) < 4.78 is 19.0. The van der Waals surface area contributed by atoms with Crippen LogP contribution in [0.15, 0.2) is 24.3 Å². The van der Waals surface area contributed by atoms with Crippen molar-refractivity contribution in [3.63, 3.8) is 0 Å². The van der Waals surface area contributed by atoms with E-state index in [-0.39, 0.29) is 29.5 Å². The molecule has 0 unspecified atom stereocenters. The van der Waals surface area contributed by atoms with Gasteiger partial charge in [0.15, 0.2) is 0 Å². The number of rotatable bonds is 2. The van der Waals surface area contributed by atoms with Crippen LogP contribution < -0.4 is 0 Å². The number of ether oxygens (including phenoxy) is 1. The van der Waals surface area contributed by atoms with Crippen molar-refractivity contribution < 1.29 is 18.7 Å². The molecule has 0 aliphatic carbocycles. The molecule has 1 aromatic carbocycles. The van der Waals surface area contributed by atoms with Gasteiger partial charge in [0.1, 0.15) is 5.82 Å².